The van der Waals surface area contributed by atoms with Crippen LogP contribution in [-0.2, 0) is 6.42 Å². The number of hydrogen-bond acceptors (Lipinski definition) is 7. The molecule has 0 radical (unpaired) electrons. The van der Waals surface area contributed by atoms with E-state index in [1.54, 1.807) is 42.5 Å². The minimum Gasteiger partial charge on any atom is -0.395 e. The van der Waals surface area contributed by atoms with E-state index < -0.39 is 17.9 Å². The summed E-state index contributed by atoms with van der Waals surface area (Å²) >= 11 is 6.01. The maximum absolute atomic E-state index is 12.8. The smallest absolute Gasteiger partial charge is 0.261 e. The summed E-state index contributed by atoms with van der Waals surface area (Å²) in [4.78, 5) is 46.2. The molecule has 2 aromatic carbocycles. The summed E-state index contributed by atoms with van der Waals surface area (Å²) < 4.78 is 0. The second-order valence-electron chi connectivity index (χ2n) is 8.29. The van der Waals surface area contributed by atoms with E-state index in [-0.39, 0.29) is 36.4 Å². The molecule has 9 nitrogen and oxygen atoms in total. The third kappa shape index (κ3) is 4.14. The second-order valence-corrected chi connectivity index (χ2v) is 8.73. The van der Waals surface area contributed by atoms with Gasteiger partial charge in [-0.2, -0.15) is 0 Å². The minimum absolute atomic E-state index is 0.0685. The van der Waals surface area contributed by atoms with Gasteiger partial charge in [0.2, 0.25) is 0 Å². The zero-order chi connectivity index (χ0) is 24.7. The number of nitrogens with zero attached hydrogens (tertiary/aromatic N) is 2. The molecule has 10 heteroatoms. The number of aliphatic hydroxyl groups is 2. The molecule has 3 heterocycles. The van der Waals surface area contributed by atoms with Crippen LogP contribution in [0.5, 0.6) is 0 Å². The molecular weight excluding hydrogens is 472 g/mol. The fourth-order valence-electron chi connectivity index (χ4n) is 4.38. The van der Waals surface area contributed by atoms with Gasteiger partial charge in [0, 0.05) is 24.2 Å². The average Bonchev–Trinajstić information content (AvgIpc) is 3.35. The van der Waals surface area contributed by atoms with Gasteiger partial charge in [0.1, 0.15) is 0 Å². The van der Waals surface area contributed by atoms with Gasteiger partial charge < -0.3 is 20.5 Å². The molecule has 4 N–H and O–H groups in total. The van der Waals surface area contributed by atoms with Gasteiger partial charge in [0.05, 0.1) is 53.0 Å². The summed E-state index contributed by atoms with van der Waals surface area (Å²) in [6.07, 6.45) is 0.942. The molecule has 178 valence electrons. The van der Waals surface area contributed by atoms with Crippen LogP contribution in [0.25, 0.3) is 0 Å². The molecule has 35 heavy (non-hydrogen) atoms. The van der Waals surface area contributed by atoms with Crippen LogP contribution in [0.2, 0.25) is 5.02 Å². The molecule has 2 aliphatic heterocycles. The van der Waals surface area contributed by atoms with E-state index in [1.807, 2.05) is 0 Å². The first kappa shape index (κ1) is 23.0. The van der Waals surface area contributed by atoms with Crippen LogP contribution in [0.3, 0.4) is 0 Å². The molecular formula is C25H21ClN4O5. The van der Waals surface area contributed by atoms with Gasteiger partial charge in [-0.15, -0.1) is 0 Å². The molecule has 0 bridgehead atoms. The highest BCUT2D eigenvalue weighted by molar-refractivity contribution is 6.30. The van der Waals surface area contributed by atoms with E-state index in [0.717, 1.165) is 10.5 Å². The maximum Gasteiger partial charge on any atom is 0.261 e. The maximum atomic E-state index is 12.8. The summed E-state index contributed by atoms with van der Waals surface area (Å²) in [7, 11) is 0. The number of carbonyl (C=O) groups excluding carboxylic acids is 2. The van der Waals surface area contributed by atoms with E-state index >= 15 is 0 Å². The predicted molar refractivity (Wildman–Crippen MR) is 131 cm³/mol. The SMILES string of the molecule is O=C1c2cc3c(cc2C(=O)N1CCO)N=C(c1c(NC[C@@H](O)c2cccc(Cl)c2)cc[nH]c1=O)C3. The summed E-state index contributed by atoms with van der Waals surface area (Å²) in [6.45, 7) is -0.248. The van der Waals surface area contributed by atoms with Crippen LogP contribution >= 0.6 is 11.6 Å². The Morgan fingerprint density at radius 3 is 2.63 bits per heavy atom. The number of anilines is 1. The topological polar surface area (TPSA) is 135 Å². The van der Waals surface area contributed by atoms with E-state index in [9.17, 15) is 19.5 Å². The van der Waals surface area contributed by atoms with E-state index in [0.29, 0.717) is 39.7 Å². The number of hydrogen-bond donors (Lipinski definition) is 4. The van der Waals surface area contributed by atoms with Crippen LogP contribution in [0.15, 0.2) is 58.4 Å². The highest BCUT2D eigenvalue weighted by Gasteiger charge is 2.37. The fourth-order valence-corrected chi connectivity index (χ4v) is 4.58. The number of rotatable bonds is 7. The number of imide groups is 1. The van der Waals surface area contributed by atoms with Gasteiger partial charge in [-0.3, -0.25) is 24.3 Å². The number of fused-ring (bicyclic) bond motifs is 2. The third-order valence-corrected chi connectivity index (χ3v) is 6.31. The van der Waals surface area contributed by atoms with E-state index in [1.165, 1.54) is 6.20 Å². The average molecular weight is 493 g/mol. The fraction of sp³-hybridized carbons (Fsp3) is 0.200. The first-order valence-corrected chi connectivity index (χ1v) is 11.4. The number of H-pyrrole nitrogens is 1. The van der Waals surface area contributed by atoms with E-state index in [4.69, 9.17) is 16.7 Å². The Labute approximate surface area is 204 Å². The molecule has 0 unspecified atom stereocenters. The van der Waals surface area contributed by atoms with E-state index in [2.05, 4.69) is 15.3 Å². The molecule has 5 rings (SSSR count). The van der Waals surface area contributed by atoms with Gasteiger partial charge in [0.25, 0.3) is 17.4 Å². The lowest BCUT2D eigenvalue weighted by Crippen LogP contribution is -2.32. The Morgan fingerprint density at radius 2 is 1.89 bits per heavy atom. The lowest BCUT2D eigenvalue weighted by Gasteiger charge is -2.15. The van der Waals surface area contributed by atoms with Gasteiger partial charge in [-0.25, -0.2) is 0 Å². The molecule has 3 aromatic rings. The number of pyridine rings is 1. The molecule has 1 aromatic heterocycles. The number of aromatic nitrogens is 1. The zero-order valence-corrected chi connectivity index (χ0v) is 19.2. The van der Waals surface area contributed by atoms with Crippen molar-refractivity contribution in [2.45, 2.75) is 12.5 Å². The molecule has 2 amide bonds. The van der Waals surface area contributed by atoms with Crippen molar-refractivity contribution in [2.75, 3.05) is 25.0 Å². The Hall–Kier alpha value is -3.79. The molecule has 2 aliphatic rings. The summed E-state index contributed by atoms with van der Waals surface area (Å²) in [5, 5.41) is 23.3. The largest absolute Gasteiger partial charge is 0.395 e. The van der Waals surface area contributed by atoms with Crippen molar-refractivity contribution >= 4 is 40.5 Å². The van der Waals surface area contributed by atoms with Crippen LogP contribution < -0.4 is 10.9 Å². The quantitative estimate of drug-likeness (QED) is 0.374. The highest BCUT2D eigenvalue weighted by atomic mass is 35.5. The first-order chi connectivity index (χ1) is 16.9. The molecule has 0 aliphatic carbocycles. The lowest BCUT2D eigenvalue weighted by molar-refractivity contribution is 0.0624. The number of aliphatic imine (C=N–C) groups is 1. The van der Waals surface area contributed by atoms with Crippen molar-refractivity contribution in [1.29, 1.82) is 0 Å². The third-order valence-electron chi connectivity index (χ3n) is 6.08. The van der Waals surface area contributed by atoms with Crippen molar-refractivity contribution in [2.24, 2.45) is 4.99 Å². The van der Waals surface area contributed by atoms with Crippen molar-refractivity contribution in [3.05, 3.63) is 91.9 Å². The number of aromatic amines is 1. The summed E-state index contributed by atoms with van der Waals surface area (Å²) in [5.74, 6) is -0.925. The Bertz CT molecular complexity index is 1450. The molecule has 1 atom stereocenters. The number of nitrogens with one attached hydrogen (secondary N) is 2. The highest BCUT2D eigenvalue weighted by Crippen LogP contribution is 2.35. The van der Waals surface area contributed by atoms with Gasteiger partial charge >= 0.3 is 0 Å². The molecule has 0 saturated heterocycles. The number of benzene rings is 2. The van der Waals surface area contributed by atoms with Crippen LogP contribution in [0.1, 0.15) is 43.5 Å². The monoisotopic (exact) mass is 492 g/mol. The van der Waals surface area contributed by atoms with Crippen molar-refractivity contribution < 1.29 is 19.8 Å². The molecule has 0 spiro atoms. The zero-order valence-electron chi connectivity index (χ0n) is 18.4. The lowest BCUT2D eigenvalue weighted by atomic mass is 10.00. The normalized spacial score (nSPS) is 15.2. The minimum atomic E-state index is -0.856. The van der Waals surface area contributed by atoms with Crippen LogP contribution in [-0.4, -0.2) is 57.3 Å². The number of halogens is 1. The standard InChI is InChI=1S/C25H21ClN4O5/c26-15-3-1-2-13(8-15)21(32)12-28-18-4-5-27-23(33)22(18)20-10-14-9-16-17(11-19(14)29-20)25(35)30(6-7-31)24(16)34/h1-5,8-9,11,21,31-32H,6-7,10,12H2,(H2,27,28,33)/t21-/m1/s1. The van der Waals surface area contributed by atoms with Gasteiger partial charge in [-0.05, 0) is 41.5 Å². The molecule has 0 saturated carbocycles. The number of carbonyl (C=O) groups is 2. The summed E-state index contributed by atoms with van der Waals surface area (Å²) in [6, 6.07) is 11.8. The van der Waals surface area contributed by atoms with Gasteiger partial charge in [0.15, 0.2) is 0 Å². The predicted octanol–water partition coefficient (Wildman–Crippen LogP) is 2.44. The van der Waals surface area contributed by atoms with Gasteiger partial charge in [-0.1, -0.05) is 23.7 Å². The second kappa shape index (κ2) is 9.10. The number of aliphatic hydroxyl groups excluding tert-OH is 2. The van der Waals surface area contributed by atoms with Crippen LogP contribution in [0, 0.1) is 0 Å². The Kier molecular flexibility index (Phi) is 5.98. The Balaban J connectivity index is 1.42. The number of amides is 2. The molecule has 0 fully saturated rings. The van der Waals surface area contributed by atoms with Crippen molar-refractivity contribution in [1.82, 2.24) is 9.88 Å². The van der Waals surface area contributed by atoms with Crippen molar-refractivity contribution in [3.63, 3.8) is 0 Å². The van der Waals surface area contributed by atoms with Crippen molar-refractivity contribution in [3.8, 4) is 0 Å². The first-order valence-electron chi connectivity index (χ1n) is 11.0. The Morgan fingerprint density at radius 1 is 1.11 bits per heavy atom. The summed E-state index contributed by atoms with van der Waals surface area (Å²) in [5.41, 5.74) is 3.32. The number of β-amino-alcohol motifs (C(OH)–C–C–N with tert-alkyl or cyclic N) is 1. The van der Waals surface area contributed by atoms with Crippen LogP contribution in [0.4, 0.5) is 11.4 Å².